The number of rotatable bonds is 5. The summed E-state index contributed by atoms with van der Waals surface area (Å²) in [7, 11) is -1.60. The van der Waals surface area contributed by atoms with E-state index in [2.05, 4.69) is 20.9 Å². The molecule has 1 unspecified atom stereocenters. The first-order chi connectivity index (χ1) is 18.2. The highest BCUT2D eigenvalue weighted by atomic mass is 32.2. The number of hydrogen-bond donors (Lipinski definition) is 0. The Morgan fingerprint density at radius 1 is 1.05 bits per heavy atom. The lowest BCUT2D eigenvalue weighted by molar-refractivity contribution is 0.0552. The third-order valence-corrected chi connectivity index (χ3v) is 8.62. The van der Waals surface area contributed by atoms with Crippen molar-refractivity contribution in [2.75, 3.05) is 19.5 Å². The molecular weight excluding hydrogens is 505 g/mol. The number of halogens is 1. The van der Waals surface area contributed by atoms with Gasteiger partial charge in [0.2, 0.25) is 0 Å². The smallest absolute Gasteiger partial charge is 0.175 e. The molecule has 38 heavy (non-hydrogen) atoms. The van der Waals surface area contributed by atoms with Crippen LogP contribution in [0.15, 0.2) is 59.6 Å². The number of nitrogens with zero attached hydrogens (tertiary/aromatic N) is 5. The van der Waals surface area contributed by atoms with E-state index in [9.17, 15) is 12.8 Å². The number of fused-ring (bicyclic) bond motifs is 3. The molecule has 0 spiro atoms. The molecule has 0 bridgehead atoms. The summed E-state index contributed by atoms with van der Waals surface area (Å²) < 4.78 is 48.7. The monoisotopic (exact) mass is 533 g/mol. The average Bonchev–Trinajstić information content (AvgIpc) is 3.41. The fourth-order valence-electron chi connectivity index (χ4n) is 5.72. The van der Waals surface area contributed by atoms with E-state index in [0.717, 1.165) is 57.3 Å². The summed E-state index contributed by atoms with van der Waals surface area (Å²) in [5.41, 5.74) is 5.87. The van der Waals surface area contributed by atoms with Crippen molar-refractivity contribution in [3.05, 3.63) is 71.8 Å². The van der Waals surface area contributed by atoms with Crippen LogP contribution in [0.4, 0.5) is 4.39 Å². The Morgan fingerprint density at radius 3 is 2.45 bits per heavy atom. The van der Waals surface area contributed by atoms with Gasteiger partial charge in [-0.05, 0) is 67.6 Å². The number of pyridine rings is 1. The number of aromatic nitrogens is 5. The summed E-state index contributed by atoms with van der Waals surface area (Å²) in [5.74, 6) is -0.108. The van der Waals surface area contributed by atoms with Gasteiger partial charge in [-0.15, -0.1) is 5.10 Å². The number of sulfone groups is 1. The van der Waals surface area contributed by atoms with E-state index < -0.39 is 9.84 Å². The molecule has 2 aromatic carbocycles. The van der Waals surface area contributed by atoms with E-state index in [1.54, 1.807) is 16.8 Å². The average molecular weight is 534 g/mol. The molecule has 0 radical (unpaired) electrons. The lowest BCUT2D eigenvalue weighted by Crippen LogP contribution is -2.27. The van der Waals surface area contributed by atoms with Gasteiger partial charge in [-0.2, -0.15) is 0 Å². The molecule has 1 aliphatic heterocycles. The zero-order valence-electron chi connectivity index (χ0n) is 21.4. The first kappa shape index (κ1) is 24.7. The van der Waals surface area contributed by atoms with Gasteiger partial charge in [-0.3, -0.25) is 4.98 Å². The third-order valence-electron chi connectivity index (χ3n) is 7.51. The Hall–Kier alpha value is -3.63. The van der Waals surface area contributed by atoms with E-state index in [1.807, 2.05) is 38.4 Å². The lowest BCUT2D eigenvalue weighted by atomic mass is 9.86. The van der Waals surface area contributed by atoms with Crippen molar-refractivity contribution < 1.29 is 17.5 Å². The Balaban J connectivity index is 1.70. The summed E-state index contributed by atoms with van der Waals surface area (Å²) in [6, 6.07) is 13.7. The molecule has 6 rings (SSSR count). The van der Waals surface area contributed by atoms with E-state index in [1.165, 1.54) is 18.4 Å². The Labute approximate surface area is 220 Å². The molecule has 0 saturated carbocycles. The molecule has 3 aromatic heterocycles. The van der Waals surface area contributed by atoms with Gasteiger partial charge in [0.25, 0.3) is 0 Å². The van der Waals surface area contributed by atoms with Gasteiger partial charge in [0.15, 0.2) is 9.84 Å². The van der Waals surface area contributed by atoms with E-state index in [-0.39, 0.29) is 22.7 Å². The highest BCUT2D eigenvalue weighted by molar-refractivity contribution is 7.90. The molecule has 10 heteroatoms. The summed E-state index contributed by atoms with van der Waals surface area (Å²) >= 11 is 0. The fourth-order valence-corrected chi connectivity index (χ4v) is 6.37. The van der Waals surface area contributed by atoms with Gasteiger partial charge in [0.05, 0.1) is 38.9 Å². The molecule has 1 saturated heterocycles. The van der Waals surface area contributed by atoms with Crippen molar-refractivity contribution in [2.24, 2.45) is 13.0 Å². The predicted octanol–water partition coefficient (Wildman–Crippen LogP) is 4.85. The van der Waals surface area contributed by atoms with Crippen molar-refractivity contribution in [2.45, 2.75) is 30.7 Å². The third kappa shape index (κ3) is 4.17. The minimum absolute atomic E-state index is 0.183. The number of aryl methyl sites for hydroxylation is 2. The molecule has 0 amide bonds. The predicted molar refractivity (Wildman–Crippen MR) is 143 cm³/mol. The number of ether oxygens (including phenoxy) is 1. The van der Waals surface area contributed by atoms with Crippen molar-refractivity contribution in [3.8, 4) is 11.3 Å². The van der Waals surface area contributed by atoms with Crippen LogP contribution >= 0.6 is 0 Å². The normalized spacial score (nSPS) is 15.9. The summed E-state index contributed by atoms with van der Waals surface area (Å²) in [6.07, 6.45) is 4.68. The molecular formula is C28H28FN5O3S. The molecule has 196 valence electrons. The Morgan fingerprint density at radius 2 is 1.79 bits per heavy atom. The van der Waals surface area contributed by atoms with Crippen LogP contribution in [-0.4, -0.2) is 52.4 Å². The molecule has 0 aliphatic carbocycles. The van der Waals surface area contributed by atoms with Crippen molar-refractivity contribution >= 4 is 31.8 Å². The minimum atomic E-state index is -3.45. The van der Waals surface area contributed by atoms with Crippen molar-refractivity contribution in [3.63, 3.8) is 0 Å². The van der Waals surface area contributed by atoms with Crippen molar-refractivity contribution in [1.82, 2.24) is 24.5 Å². The zero-order valence-corrected chi connectivity index (χ0v) is 22.2. The summed E-state index contributed by atoms with van der Waals surface area (Å²) in [4.78, 5) is 5.11. The number of hydrogen-bond acceptors (Lipinski definition) is 6. The van der Waals surface area contributed by atoms with Crippen LogP contribution in [0.25, 0.3) is 33.2 Å². The molecule has 8 nitrogen and oxygen atoms in total. The van der Waals surface area contributed by atoms with Gasteiger partial charge >= 0.3 is 0 Å². The topological polar surface area (TPSA) is 91.9 Å². The quantitative estimate of drug-likeness (QED) is 0.321. The first-order valence-electron chi connectivity index (χ1n) is 12.6. The SMILES string of the molecule is Cc1nnn(C)c1-c1cnc2c3ccc(S(C)(=O)=O)cc3n(C(c3ccc(F)cc3)C3CCOCC3)c2c1. The standard InChI is InChI=1S/C28H28FN5O3S/c1-17-27(33(2)32-31-17)20-14-25-26(30-16-20)23-9-8-22(38(3,35)36)15-24(23)34(25)28(19-10-12-37-13-11-19)18-4-6-21(29)7-5-18/h4-9,14-16,19,28H,10-13H2,1-3H3. The van der Waals surface area contributed by atoms with Gasteiger partial charge in [0.1, 0.15) is 5.82 Å². The van der Waals surface area contributed by atoms with E-state index in [4.69, 9.17) is 9.72 Å². The fraction of sp³-hybridized carbons (Fsp3) is 0.321. The van der Waals surface area contributed by atoms with Crippen molar-refractivity contribution in [1.29, 1.82) is 0 Å². The van der Waals surface area contributed by atoms with Crippen LogP contribution in [0.3, 0.4) is 0 Å². The van der Waals surface area contributed by atoms with Gasteiger partial charge in [-0.1, -0.05) is 17.3 Å². The molecule has 1 atom stereocenters. The van der Waals surface area contributed by atoms with E-state index in [0.29, 0.717) is 13.2 Å². The van der Waals surface area contributed by atoms with Gasteiger partial charge in [-0.25, -0.2) is 17.5 Å². The summed E-state index contributed by atoms with van der Waals surface area (Å²) in [5, 5.41) is 9.22. The zero-order chi connectivity index (χ0) is 26.6. The Kier molecular flexibility index (Phi) is 6.03. The molecule has 5 aromatic rings. The largest absolute Gasteiger partial charge is 0.381 e. The van der Waals surface area contributed by atoms with Gasteiger partial charge < -0.3 is 9.30 Å². The van der Waals surface area contributed by atoms with Crippen LogP contribution in [0, 0.1) is 18.7 Å². The maximum atomic E-state index is 14.0. The lowest BCUT2D eigenvalue weighted by Gasteiger charge is -2.33. The van der Waals surface area contributed by atoms with Crippen LogP contribution in [0.2, 0.25) is 0 Å². The molecule has 1 aliphatic rings. The molecule has 0 N–H and O–H groups in total. The van der Waals surface area contributed by atoms with Crippen LogP contribution in [-0.2, 0) is 21.6 Å². The minimum Gasteiger partial charge on any atom is -0.381 e. The second-order valence-electron chi connectivity index (χ2n) is 10.0. The van der Waals surface area contributed by atoms with Gasteiger partial charge in [0, 0.05) is 43.7 Å². The Bertz CT molecular complexity index is 1750. The highest BCUT2D eigenvalue weighted by Gasteiger charge is 2.31. The first-order valence-corrected chi connectivity index (χ1v) is 14.4. The maximum absolute atomic E-state index is 14.0. The summed E-state index contributed by atoms with van der Waals surface area (Å²) in [6.45, 7) is 3.18. The van der Waals surface area contributed by atoms with E-state index >= 15 is 0 Å². The van der Waals surface area contributed by atoms with Crippen LogP contribution < -0.4 is 0 Å². The maximum Gasteiger partial charge on any atom is 0.175 e. The molecule has 4 heterocycles. The second-order valence-corrected chi connectivity index (χ2v) is 12.0. The second kappa shape index (κ2) is 9.28. The number of benzene rings is 2. The highest BCUT2D eigenvalue weighted by Crippen LogP contribution is 2.41. The van der Waals surface area contributed by atoms with Crippen LogP contribution in [0.1, 0.15) is 30.1 Å². The molecule has 1 fully saturated rings. The van der Waals surface area contributed by atoms with Crippen LogP contribution in [0.5, 0.6) is 0 Å².